The van der Waals surface area contributed by atoms with Crippen molar-refractivity contribution in [3.8, 4) is 0 Å². The molecule has 2 aromatic rings. The maximum absolute atomic E-state index is 11.9. The van der Waals surface area contributed by atoms with Crippen LogP contribution >= 0.6 is 0 Å². The number of carbonyl (C=O) groups excluding carboxylic acids is 1. The van der Waals surface area contributed by atoms with Crippen molar-refractivity contribution in [1.29, 1.82) is 0 Å². The summed E-state index contributed by atoms with van der Waals surface area (Å²) in [5.41, 5.74) is 3.23. The molecule has 1 saturated heterocycles. The molecule has 1 unspecified atom stereocenters. The lowest BCUT2D eigenvalue weighted by molar-refractivity contribution is -0.116. The smallest absolute Gasteiger partial charge is 0.244 e. The van der Waals surface area contributed by atoms with Gasteiger partial charge in [-0.25, -0.2) is 0 Å². The molecule has 1 atom stereocenters. The van der Waals surface area contributed by atoms with Crippen LogP contribution in [0.1, 0.15) is 36.6 Å². The van der Waals surface area contributed by atoms with E-state index in [2.05, 4.69) is 46.4 Å². The van der Waals surface area contributed by atoms with E-state index in [0.29, 0.717) is 6.54 Å². The van der Waals surface area contributed by atoms with E-state index in [4.69, 9.17) is 0 Å². The van der Waals surface area contributed by atoms with E-state index in [1.165, 1.54) is 37.6 Å². The molecule has 1 fully saturated rings. The summed E-state index contributed by atoms with van der Waals surface area (Å²) in [5.74, 6) is 0.694. The normalized spacial score (nSPS) is 18.1. The van der Waals surface area contributed by atoms with Crippen LogP contribution in [0.2, 0.25) is 0 Å². The fourth-order valence-corrected chi connectivity index (χ4v) is 3.33. The van der Waals surface area contributed by atoms with Crippen LogP contribution in [-0.2, 0) is 17.9 Å². The van der Waals surface area contributed by atoms with E-state index < -0.39 is 0 Å². The molecule has 0 bridgehead atoms. The molecular weight excluding hydrogens is 322 g/mol. The Bertz CT molecular complexity index is 725. The summed E-state index contributed by atoms with van der Waals surface area (Å²) >= 11 is 0. The average Bonchev–Trinajstić information content (AvgIpc) is 2.67. The Balaban J connectivity index is 1.45. The second kappa shape index (κ2) is 9.30. The van der Waals surface area contributed by atoms with Crippen molar-refractivity contribution in [2.24, 2.45) is 5.92 Å². The van der Waals surface area contributed by atoms with Gasteiger partial charge in [-0.05, 0) is 54.6 Å². The number of amides is 1. The van der Waals surface area contributed by atoms with Gasteiger partial charge in [-0.2, -0.15) is 0 Å². The molecule has 1 amide bonds. The molecule has 0 aliphatic carbocycles. The first-order valence-corrected chi connectivity index (χ1v) is 9.36. The van der Waals surface area contributed by atoms with Crippen LogP contribution in [0.25, 0.3) is 6.08 Å². The third-order valence-corrected chi connectivity index (χ3v) is 4.73. The van der Waals surface area contributed by atoms with Crippen LogP contribution in [0, 0.1) is 5.92 Å². The highest BCUT2D eigenvalue weighted by molar-refractivity contribution is 5.91. The second-order valence-corrected chi connectivity index (χ2v) is 7.10. The zero-order chi connectivity index (χ0) is 18.2. The van der Waals surface area contributed by atoms with Gasteiger partial charge in [-0.3, -0.25) is 14.7 Å². The van der Waals surface area contributed by atoms with Gasteiger partial charge in [-0.1, -0.05) is 37.3 Å². The number of carbonyl (C=O) groups is 1. The number of pyridine rings is 1. The van der Waals surface area contributed by atoms with Gasteiger partial charge in [0.1, 0.15) is 0 Å². The zero-order valence-electron chi connectivity index (χ0n) is 15.4. The highest BCUT2D eigenvalue weighted by Gasteiger charge is 2.16. The maximum atomic E-state index is 11.9. The number of benzene rings is 1. The minimum Gasteiger partial charge on any atom is -0.348 e. The van der Waals surface area contributed by atoms with Crippen LogP contribution in [0.4, 0.5) is 0 Å². The van der Waals surface area contributed by atoms with Crippen LogP contribution in [0.15, 0.2) is 54.7 Å². The molecule has 1 aromatic heterocycles. The van der Waals surface area contributed by atoms with Gasteiger partial charge in [-0.15, -0.1) is 0 Å². The second-order valence-electron chi connectivity index (χ2n) is 7.10. The standard InChI is InChI=1S/C22H27N3O/c1-18-5-4-14-25(16-18)17-20-9-7-19(8-10-20)15-24-22(26)12-11-21-6-2-3-13-23-21/h2-3,6-13,18H,4-5,14-17H2,1H3,(H,24,26)/b12-11+. The Morgan fingerprint density at radius 3 is 2.77 bits per heavy atom. The number of piperidine rings is 1. The molecule has 4 nitrogen and oxygen atoms in total. The van der Waals surface area contributed by atoms with E-state index >= 15 is 0 Å². The van der Waals surface area contributed by atoms with E-state index in [0.717, 1.165) is 23.7 Å². The van der Waals surface area contributed by atoms with Crippen molar-refractivity contribution in [1.82, 2.24) is 15.2 Å². The Labute approximate surface area is 155 Å². The SMILES string of the molecule is CC1CCCN(Cc2ccc(CNC(=O)/C=C/c3ccccn3)cc2)C1. The lowest BCUT2D eigenvalue weighted by atomic mass is 9.99. The lowest BCUT2D eigenvalue weighted by Crippen LogP contribution is -2.33. The first-order chi connectivity index (χ1) is 12.7. The van der Waals surface area contributed by atoms with Crippen LogP contribution in [-0.4, -0.2) is 28.9 Å². The Morgan fingerprint density at radius 2 is 2.04 bits per heavy atom. The summed E-state index contributed by atoms with van der Waals surface area (Å²) in [6.45, 7) is 6.28. The molecule has 0 spiro atoms. The summed E-state index contributed by atoms with van der Waals surface area (Å²) in [4.78, 5) is 18.6. The molecule has 0 saturated carbocycles. The average molecular weight is 349 g/mol. The number of hydrogen-bond acceptors (Lipinski definition) is 3. The van der Waals surface area contributed by atoms with Gasteiger partial charge in [0.05, 0.1) is 5.69 Å². The molecule has 2 heterocycles. The molecule has 26 heavy (non-hydrogen) atoms. The summed E-state index contributed by atoms with van der Waals surface area (Å²) in [7, 11) is 0. The van der Waals surface area contributed by atoms with Crippen molar-refractivity contribution < 1.29 is 4.79 Å². The number of aromatic nitrogens is 1. The summed E-state index contributed by atoms with van der Waals surface area (Å²) in [5, 5.41) is 2.91. The molecule has 3 rings (SSSR count). The molecule has 1 N–H and O–H groups in total. The van der Waals surface area contributed by atoms with Crippen molar-refractivity contribution >= 4 is 12.0 Å². The lowest BCUT2D eigenvalue weighted by Gasteiger charge is -2.30. The third kappa shape index (κ3) is 5.81. The van der Waals surface area contributed by atoms with Crippen molar-refractivity contribution in [2.75, 3.05) is 13.1 Å². The summed E-state index contributed by atoms with van der Waals surface area (Å²) < 4.78 is 0. The van der Waals surface area contributed by atoms with Gasteiger partial charge in [0, 0.05) is 31.9 Å². The molecule has 1 aliphatic rings. The minimum atomic E-state index is -0.109. The fourth-order valence-electron chi connectivity index (χ4n) is 3.33. The van der Waals surface area contributed by atoms with Gasteiger partial charge < -0.3 is 5.32 Å². The Morgan fingerprint density at radius 1 is 1.23 bits per heavy atom. The summed E-state index contributed by atoms with van der Waals surface area (Å²) in [6, 6.07) is 14.2. The van der Waals surface area contributed by atoms with Gasteiger partial charge in [0.2, 0.25) is 5.91 Å². The van der Waals surface area contributed by atoms with Crippen molar-refractivity contribution in [3.05, 3.63) is 71.6 Å². The van der Waals surface area contributed by atoms with Crippen LogP contribution < -0.4 is 5.32 Å². The first kappa shape index (κ1) is 18.3. The topological polar surface area (TPSA) is 45.2 Å². The van der Waals surface area contributed by atoms with E-state index in [1.54, 1.807) is 12.3 Å². The van der Waals surface area contributed by atoms with Gasteiger partial charge in [0.25, 0.3) is 0 Å². The number of hydrogen-bond donors (Lipinski definition) is 1. The fraction of sp³-hybridized carbons (Fsp3) is 0.364. The molecule has 4 heteroatoms. The summed E-state index contributed by atoms with van der Waals surface area (Å²) in [6.07, 6.45) is 7.61. The van der Waals surface area contributed by atoms with Crippen LogP contribution in [0.3, 0.4) is 0 Å². The Hall–Kier alpha value is -2.46. The van der Waals surface area contributed by atoms with Crippen molar-refractivity contribution in [3.63, 3.8) is 0 Å². The van der Waals surface area contributed by atoms with E-state index in [9.17, 15) is 4.79 Å². The van der Waals surface area contributed by atoms with Crippen molar-refractivity contribution in [2.45, 2.75) is 32.9 Å². The molecule has 1 aliphatic heterocycles. The highest BCUT2D eigenvalue weighted by Crippen LogP contribution is 2.18. The number of nitrogens with one attached hydrogen (secondary N) is 1. The quantitative estimate of drug-likeness (QED) is 0.810. The molecule has 0 radical (unpaired) electrons. The zero-order valence-corrected chi connectivity index (χ0v) is 15.4. The van der Waals surface area contributed by atoms with Crippen LogP contribution in [0.5, 0.6) is 0 Å². The van der Waals surface area contributed by atoms with Gasteiger partial charge >= 0.3 is 0 Å². The number of rotatable bonds is 6. The maximum Gasteiger partial charge on any atom is 0.244 e. The molecular formula is C22H27N3O. The largest absolute Gasteiger partial charge is 0.348 e. The number of nitrogens with zero attached hydrogens (tertiary/aromatic N) is 2. The van der Waals surface area contributed by atoms with E-state index in [1.807, 2.05) is 18.2 Å². The third-order valence-electron chi connectivity index (χ3n) is 4.73. The predicted molar refractivity (Wildman–Crippen MR) is 105 cm³/mol. The predicted octanol–water partition coefficient (Wildman–Crippen LogP) is 3.64. The Kier molecular flexibility index (Phi) is 6.56. The van der Waals surface area contributed by atoms with E-state index in [-0.39, 0.29) is 5.91 Å². The minimum absolute atomic E-state index is 0.109. The monoisotopic (exact) mass is 349 g/mol. The first-order valence-electron chi connectivity index (χ1n) is 9.36. The molecule has 136 valence electrons. The molecule has 1 aromatic carbocycles. The van der Waals surface area contributed by atoms with Gasteiger partial charge in [0.15, 0.2) is 0 Å². The highest BCUT2D eigenvalue weighted by atomic mass is 16.1. The number of likely N-dealkylation sites (tertiary alicyclic amines) is 1.